The molecule has 0 radical (unpaired) electrons. The third-order valence-electron chi connectivity index (χ3n) is 5.64. The van der Waals surface area contributed by atoms with E-state index in [4.69, 9.17) is 5.11 Å². The topological polar surface area (TPSA) is 69.6 Å². The van der Waals surface area contributed by atoms with Crippen molar-refractivity contribution in [1.82, 2.24) is 10.2 Å². The molecule has 1 aromatic carbocycles. The van der Waals surface area contributed by atoms with Gasteiger partial charge in [0.05, 0.1) is 12.0 Å². The molecule has 142 valence electrons. The van der Waals surface area contributed by atoms with Gasteiger partial charge in [0, 0.05) is 12.6 Å². The first-order valence-corrected chi connectivity index (χ1v) is 9.54. The van der Waals surface area contributed by atoms with E-state index in [9.17, 15) is 14.0 Å². The fourth-order valence-electron chi connectivity index (χ4n) is 4.08. The van der Waals surface area contributed by atoms with E-state index in [0.29, 0.717) is 19.4 Å². The number of carboxylic acid groups (broad SMARTS) is 1. The van der Waals surface area contributed by atoms with Crippen molar-refractivity contribution in [2.45, 2.75) is 63.6 Å². The minimum Gasteiger partial charge on any atom is -0.481 e. The van der Waals surface area contributed by atoms with Crippen LogP contribution in [0.15, 0.2) is 24.3 Å². The van der Waals surface area contributed by atoms with Crippen LogP contribution in [0.5, 0.6) is 0 Å². The number of halogens is 1. The van der Waals surface area contributed by atoms with E-state index < -0.39 is 5.97 Å². The number of benzene rings is 1. The average molecular weight is 362 g/mol. The van der Waals surface area contributed by atoms with Crippen molar-refractivity contribution in [3.8, 4) is 0 Å². The quantitative estimate of drug-likeness (QED) is 0.845. The molecule has 0 spiro atoms. The fraction of sp³-hybridized carbons (Fsp3) is 0.600. The normalized spacial score (nSPS) is 27.0. The van der Waals surface area contributed by atoms with Crippen LogP contribution in [0, 0.1) is 11.7 Å². The summed E-state index contributed by atoms with van der Waals surface area (Å²) in [4.78, 5) is 26.0. The van der Waals surface area contributed by atoms with Crippen LogP contribution in [-0.2, 0) is 16.1 Å². The molecule has 1 heterocycles. The van der Waals surface area contributed by atoms with Crippen molar-refractivity contribution < 1.29 is 19.1 Å². The number of likely N-dealkylation sites (tertiary alicyclic amines) is 1. The number of rotatable bonds is 5. The Morgan fingerprint density at radius 3 is 2.42 bits per heavy atom. The Morgan fingerprint density at radius 2 is 1.77 bits per heavy atom. The molecular weight excluding hydrogens is 335 g/mol. The van der Waals surface area contributed by atoms with Crippen LogP contribution in [0.1, 0.15) is 50.5 Å². The van der Waals surface area contributed by atoms with Gasteiger partial charge < -0.3 is 10.4 Å². The molecule has 1 aliphatic carbocycles. The zero-order valence-corrected chi connectivity index (χ0v) is 15.0. The lowest BCUT2D eigenvalue weighted by atomic mass is 9.86. The zero-order valence-electron chi connectivity index (χ0n) is 15.0. The smallest absolute Gasteiger partial charge is 0.306 e. The molecule has 1 saturated carbocycles. The molecule has 1 atom stereocenters. The first kappa shape index (κ1) is 18.8. The highest BCUT2D eigenvalue weighted by Crippen LogP contribution is 2.25. The van der Waals surface area contributed by atoms with Gasteiger partial charge in [-0.25, -0.2) is 4.39 Å². The molecule has 1 saturated heterocycles. The maximum atomic E-state index is 13.1. The molecular formula is C20H27FN2O3. The molecule has 1 amide bonds. The summed E-state index contributed by atoms with van der Waals surface area (Å²) in [5.41, 5.74) is 1.01. The second-order valence-corrected chi connectivity index (χ2v) is 7.50. The van der Waals surface area contributed by atoms with Gasteiger partial charge in [-0.1, -0.05) is 18.6 Å². The summed E-state index contributed by atoms with van der Waals surface area (Å²) in [6, 6.07) is 6.36. The minimum atomic E-state index is -0.729. The molecule has 2 aliphatic rings. The van der Waals surface area contributed by atoms with E-state index in [1.165, 1.54) is 12.1 Å². The van der Waals surface area contributed by atoms with Crippen LogP contribution in [0.2, 0.25) is 0 Å². The number of carbonyl (C=O) groups excluding carboxylic acids is 1. The van der Waals surface area contributed by atoms with Gasteiger partial charge in [-0.05, 0) is 62.8 Å². The molecule has 26 heavy (non-hydrogen) atoms. The van der Waals surface area contributed by atoms with E-state index >= 15 is 0 Å². The van der Waals surface area contributed by atoms with Crippen LogP contribution in [0.4, 0.5) is 4.39 Å². The number of aliphatic carboxylic acids is 1. The molecule has 0 aromatic heterocycles. The Morgan fingerprint density at radius 1 is 1.08 bits per heavy atom. The Hall–Kier alpha value is -1.95. The minimum absolute atomic E-state index is 0.0468. The van der Waals surface area contributed by atoms with Gasteiger partial charge in [-0.15, -0.1) is 0 Å². The molecule has 6 heteroatoms. The van der Waals surface area contributed by atoms with E-state index in [1.54, 1.807) is 12.1 Å². The summed E-state index contributed by atoms with van der Waals surface area (Å²) in [7, 11) is 0. The molecule has 3 rings (SSSR count). The predicted molar refractivity (Wildman–Crippen MR) is 96.0 cm³/mol. The summed E-state index contributed by atoms with van der Waals surface area (Å²) in [6.45, 7) is 1.51. The van der Waals surface area contributed by atoms with Gasteiger partial charge in [0.25, 0.3) is 0 Å². The van der Waals surface area contributed by atoms with Gasteiger partial charge >= 0.3 is 5.97 Å². The summed E-state index contributed by atoms with van der Waals surface area (Å²) in [5.74, 6) is -1.20. The third-order valence-corrected chi connectivity index (χ3v) is 5.64. The van der Waals surface area contributed by atoms with E-state index in [1.807, 2.05) is 0 Å². The van der Waals surface area contributed by atoms with Gasteiger partial charge in [0.1, 0.15) is 5.82 Å². The maximum absolute atomic E-state index is 13.1. The highest BCUT2D eigenvalue weighted by Gasteiger charge is 2.32. The van der Waals surface area contributed by atoms with Crippen LogP contribution in [-0.4, -0.2) is 40.5 Å². The van der Waals surface area contributed by atoms with Crippen molar-refractivity contribution in [3.63, 3.8) is 0 Å². The molecule has 1 aromatic rings. The molecule has 2 N–H and O–H groups in total. The standard InChI is InChI=1S/C20H27FN2O3/c21-16-8-4-14(5-9-16)13-23-12-2-1-3-18(23)19(24)22-17-10-6-15(7-11-17)20(25)26/h4-5,8-9,15,17-18H,1-3,6-7,10-13H2,(H,22,24)(H,25,26). The lowest BCUT2D eigenvalue weighted by Gasteiger charge is -2.36. The van der Waals surface area contributed by atoms with Crippen LogP contribution in [0.3, 0.4) is 0 Å². The molecule has 5 nitrogen and oxygen atoms in total. The van der Waals surface area contributed by atoms with Gasteiger partial charge in [-0.3, -0.25) is 14.5 Å². The summed E-state index contributed by atoms with van der Waals surface area (Å²) >= 11 is 0. The number of hydrogen-bond donors (Lipinski definition) is 2. The lowest BCUT2D eigenvalue weighted by Crippen LogP contribution is -2.52. The summed E-state index contributed by atoms with van der Waals surface area (Å²) < 4.78 is 13.1. The van der Waals surface area contributed by atoms with Gasteiger partial charge in [-0.2, -0.15) is 0 Å². The SMILES string of the molecule is O=C(O)C1CCC(NC(=O)C2CCCCN2Cc2ccc(F)cc2)CC1. The van der Waals surface area contributed by atoms with Crippen molar-refractivity contribution in [2.75, 3.05) is 6.54 Å². The van der Waals surface area contributed by atoms with E-state index in [2.05, 4.69) is 10.2 Å². The number of carboxylic acids is 1. The maximum Gasteiger partial charge on any atom is 0.306 e. The molecule has 2 fully saturated rings. The number of piperidine rings is 1. The van der Waals surface area contributed by atoms with Gasteiger partial charge in [0.2, 0.25) is 5.91 Å². The molecule has 0 bridgehead atoms. The van der Waals surface area contributed by atoms with Crippen LogP contribution < -0.4 is 5.32 Å². The average Bonchev–Trinajstić information content (AvgIpc) is 2.64. The monoisotopic (exact) mass is 362 g/mol. The van der Waals surface area contributed by atoms with E-state index in [-0.39, 0.29) is 29.7 Å². The Balaban J connectivity index is 1.56. The van der Waals surface area contributed by atoms with Crippen molar-refractivity contribution in [1.29, 1.82) is 0 Å². The molecule has 1 unspecified atom stereocenters. The highest BCUT2D eigenvalue weighted by atomic mass is 19.1. The predicted octanol–water partition coefficient (Wildman–Crippen LogP) is 2.94. The summed E-state index contributed by atoms with van der Waals surface area (Å²) in [5, 5.41) is 12.2. The largest absolute Gasteiger partial charge is 0.481 e. The van der Waals surface area contributed by atoms with Crippen molar-refractivity contribution in [2.24, 2.45) is 5.92 Å². The van der Waals surface area contributed by atoms with Crippen LogP contribution >= 0.6 is 0 Å². The number of hydrogen-bond acceptors (Lipinski definition) is 3. The van der Waals surface area contributed by atoms with Crippen LogP contribution in [0.25, 0.3) is 0 Å². The second-order valence-electron chi connectivity index (χ2n) is 7.50. The number of amides is 1. The number of nitrogens with zero attached hydrogens (tertiary/aromatic N) is 1. The number of nitrogens with one attached hydrogen (secondary N) is 1. The lowest BCUT2D eigenvalue weighted by molar-refractivity contribution is -0.142. The van der Waals surface area contributed by atoms with E-state index in [0.717, 1.165) is 44.2 Å². The Kier molecular flexibility index (Phi) is 6.25. The second kappa shape index (κ2) is 8.62. The molecule has 1 aliphatic heterocycles. The zero-order chi connectivity index (χ0) is 18.5. The Labute approximate surface area is 153 Å². The third kappa shape index (κ3) is 4.81. The van der Waals surface area contributed by atoms with Gasteiger partial charge in [0.15, 0.2) is 0 Å². The number of carbonyl (C=O) groups is 2. The summed E-state index contributed by atoms with van der Waals surface area (Å²) in [6.07, 6.45) is 5.64. The highest BCUT2D eigenvalue weighted by molar-refractivity contribution is 5.82. The first-order valence-electron chi connectivity index (χ1n) is 9.54. The van der Waals surface area contributed by atoms with Crippen molar-refractivity contribution in [3.05, 3.63) is 35.6 Å². The Bertz CT molecular complexity index is 626. The van der Waals surface area contributed by atoms with Crippen molar-refractivity contribution >= 4 is 11.9 Å². The first-order chi connectivity index (χ1) is 12.5. The fourth-order valence-corrected chi connectivity index (χ4v) is 4.08.